The molecule has 0 aliphatic carbocycles. The summed E-state index contributed by atoms with van der Waals surface area (Å²) in [5.41, 5.74) is 0.950. The zero-order valence-corrected chi connectivity index (χ0v) is 16.5. The maximum Gasteiger partial charge on any atom is 0.490 e. The normalized spacial score (nSPS) is 21.1. The summed E-state index contributed by atoms with van der Waals surface area (Å²) in [5.74, 6) is -3.26. The summed E-state index contributed by atoms with van der Waals surface area (Å²) in [6, 6.07) is 6.54. The van der Waals surface area contributed by atoms with Crippen molar-refractivity contribution in [2.75, 3.05) is 13.1 Å². The molecule has 2 aliphatic heterocycles. The first-order valence-corrected chi connectivity index (χ1v) is 9.24. The van der Waals surface area contributed by atoms with E-state index in [1.54, 1.807) is 12.1 Å². The molecule has 0 bridgehead atoms. The Kier molecular flexibility index (Phi) is 7.40. The molecule has 1 amide bonds. The van der Waals surface area contributed by atoms with Gasteiger partial charge in [-0.3, -0.25) is 9.69 Å². The second kappa shape index (κ2) is 9.41. The van der Waals surface area contributed by atoms with Gasteiger partial charge in [-0.25, -0.2) is 9.18 Å². The van der Waals surface area contributed by atoms with E-state index in [0.29, 0.717) is 24.7 Å². The number of carbonyl (C=O) groups excluding carboxylic acids is 1. The highest BCUT2D eigenvalue weighted by molar-refractivity contribution is 6.39. The lowest BCUT2D eigenvalue weighted by Crippen LogP contribution is -2.38. The van der Waals surface area contributed by atoms with E-state index in [1.807, 2.05) is 0 Å². The number of carboxylic acids is 1. The van der Waals surface area contributed by atoms with Crippen LogP contribution in [0, 0.1) is 5.82 Å². The van der Waals surface area contributed by atoms with Gasteiger partial charge in [-0.15, -0.1) is 0 Å². The molecule has 1 unspecified atom stereocenters. The van der Waals surface area contributed by atoms with E-state index in [-0.39, 0.29) is 17.3 Å². The number of alkyl halides is 3. The van der Waals surface area contributed by atoms with Gasteiger partial charge in [0, 0.05) is 38.5 Å². The van der Waals surface area contributed by atoms with Gasteiger partial charge in [-0.2, -0.15) is 13.2 Å². The molecule has 2 N–H and O–H groups in total. The molecule has 1 aromatic carbocycles. The molecule has 1 spiro atoms. The molecule has 0 aromatic heterocycles. The van der Waals surface area contributed by atoms with Crippen molar-refractivity contribution >= 4 is 17.6 Å². The van der Waals surface area contributed by atoms with Crippen LogP contribution in [0.5, 0.6) is 0 Å². The van der Waals surface area contributed by atoms with Gasteiger partial charge in [-0.1, -0.05) is 17.3 Å². The topological polar surface area (TPSA) is 91.2 Å². The number of nitrogens with zero attached hydrogens (tertiary/aromatic N) is 2. The molecule has 1 aromatic rings. The van der Waals surface area contributed by atoms with E-state index >= 15 is 0 Å². The summed E-state index contributed by atoms with van der Waals surface area (Å²) in [5, 5.41) is 13.9. The van der Waals surface area contributed by atoms with Gasteiger partial charge in [0.15, 0.2) is 5.60 Å². The van der Waals surface area contributed by atoms with Crippen LogP contribution in [0.25, 0.3) is 0 Å². The van der Waals surface area contributed by atoms with Crippen molar-refractivity contribution in [1.29, 1.82) is 0 Å². The van der Waals surface area contributed by atoms with Crippen molar-refractivity contribution in [3.05, 3.63) is 35.6 Å². The first-order chi connectivity index (χ1) is 13.9. The van der Waals surface area contributed by atoms with Crippen LogP contribution in [-0.4, -0.2) is 58.5 Å². The lowest BCUT2D eigenvalue weighted by atomic mass is 9.96. The fourth-order valence-corrected chi connectivity index (χ4v) is 3.07. The molecular formula is C19H23F4N3O4. The second-order valence-corrected chi connectivity index (χ2v) is 7.42. The van der Waals surface area contributed by atoms with E-state index in [4.69, 9.17) is 14.7 Å². The van der Waals surface area contributed by atoms with Crippen LogP contribution in [-0.2, 0) is 21.0 Å². The molecule has 166 valence electrons. The third-order valence-electron chi connectivity index (χ3n) is 4.79. The van der Waals surface area contributed by atoms with Gasteiger partial charge in [0.05, 0.1) is 0 Å². The van der Waals surface area contributed by atoms with Crippen LogP contribution in [0.2, 0.25) is 0 Å². The van der Waals surface area contributed by atoms with Crippen molar-refractivity contribution in [2.24, 2.45) is 5.16 Å². The first-order valence-electron chi connectivity index (χ1n) is 9.24. The van der Waals surface area contributed by atoms with Crippen molar-refractivity contribution in [1.82, 2.24) is 10.2 Å². The molecule has 2 heterocycles. The van der Waals surface area contributed by atoms with Gasteiger partial charge in [-0.05, 0) is 31.5 Å². The van der Waals surface area contributed by atoms with Crippen molar-refractivity contribution in [3.8, 4) is 0 Å². The number of carbonyl (C=O) groups is 2. The van der Waals surface area contributed by atoms with Gasteiger partial charge < -0.3 is 15.3 Å². The largest absolute Gasteiger partial charge is 0.490 e. The van der Waals surface area contributed by atoms with Gasteiger partial charge in [0.2, 0.25) is 0 Å². The standard InChI is InChI=1S/C17H22FN3O2.C2HF3O2/c1-12(2)21-8-7-17(11-21)9-15(20-23-17)16(22)19-10-13-3-5-14(18)6-4-13;3-2(4,5)1(6)7/h3-6,12H,7-11H2,1-2H3,(H,19,22);(H,6,7). The lowest BCUT2D eigenvalue weighted by molar-refractivity contribution is -0.192. The second-order valence-electron chi connectivity index (χ2n) is 7.42. The summed E-state index contributed by atoms with van der Waals surface area (Å²) >= 11 is 0. The smallest absolute Gasteiger partial charge is 0.475 e. The average molecular weight is 433 g/mol. The van der Waals surface area contributed by atoms with Gasteiger partial charge >= 0.3 is 12.1 Å². The van der Waals surface area contributed by atoms with Gasteiger partial charge in [0.1, 0.15) is 11.5 Å². The van der Waals surface area contributed by atoms with Crippen LogP contribution in [0.1, 0.15) is 32.3 Å². The minimum atomic E-state index is -5.08. The fourth-order valence-electron chi connectivity index (χ4n) is 3.07. The molecule has 7 nitrogen and oxygen atoms in total. The number of likely N-dealkylation sites (tertiary alicyclic amines) is 1. The highest BCUT2D eigenvalue weighted by Gasteiger charge is 2.47. The molecule has 1 fully saturated rings. The molecular weight excluding hydrogens is 410 g/mol. The molecule has 0 radical (unpaired) electrons. The molecule has 1 atom stereocenters. The Morgan fingerprint density at radius 3 is 2.40 bits per heavy atom. The molecule has 30 heavy (non-hydrogen) atoms. The van der Waals surface area contributed by atoms with E-state index in [1.165, 1.54) is 12.1 Å². The number of aliphatic carboxylic acids is 1. The van der Waals surface area contributed by atoms with Crippen LogP contribution in [0.3, 0.4) is 0 Å². The van der Waals surface area contributed by atoms with E-state index < -0.39 is 12.1 Å². The summed E-state index contributed by atoms with van der Waals surface area (Å²) in [7, 11) is 0. The zero-order valence-electron chi connectivity index (χ0n) is 16.5. The number of benzene rings is 1. The predicted octanol–water partition coefficient (Wildman–Crippen LogP) is 2.70. The lowest BCUT2D eigenvalue weighted by Gasteiger charge is -2.23. The summed E-state index contributed by atoms with van der Waals surface area (Å²) in [4.78, 5) is 29.1. The van der Waals surface area contributed by atoms with Crippen LogP contribution >= 0.6 is 0 Å². The fraction of sp³-hybridized carbons (Fsp3) is 0.526. The van der Waals surface area contributed by atoms with Crippen LogP contribution in [0.15, 0.2) is 29.4 Å². The third kappa shape index (κ3) is 6.41. The highest BCUT2D eigenvalue weighted by Crippen LogP contribution is 2.34. The summed E-state index contributed by atoms with van der Waals surface area (Å²) < 4.78 is 44.6. The third-order valence-corrected chi connectivity index (χ3v) is 4.79. The van der Waals surface area contributed by atoms with Crippen LogP contribution < -0.4 is 5.32 Å². The zero-order chi connectivity index (χ0) is 22.5. The quantitative estimate of drug-likeness (QED) is 0.713. The van der Waals surface area contributed by atoms with Crippen LogP contribution in [0.4, 0.5) is 17.6 Å². The van der Waals surface area contributed by atoms with Gasteiger partial charge in [0.25, 0.3) is 5.91 Å². The molecule has 11 heteroatoms. The Labute approximate surface area is 170 Å². The predicted molar refractivity (Wildman–Crippen MR) is 99.1 cm³/mol. The number of oxime groups is 1. The Hall–Kier alpha value is -2.69. The maximum absolute atomic E-state index is 12.9. The minimum absolute atomic E-state index is 0.214. The Morgan fingerprint density at radius 2 is 1.90 bits per heavy atom. The average Bonchev–Trinajstić information content (AvgIpc) is 3.28. The monoisotopic (exact) mass is 433 g/mol. The number of carboxylic acid groups (broad SMARTS) is 1. The number of hydrogen-bond donors (Lipinski definition) is 2. The molecule has 2 aliphatic rings. The minimum Gasteiger partial charge on any atom is -0.475 e. The highest BCUT2D eigenvalue weighted by atomic mass is 19.4. The summed E-state index contributed by atoms with van der Waals surface area (Å²) in [6.07, 6.45) is -3.64. The maximum atomic E-state index is 12.9. The number of rotatable bonds is 4. The Bertz CT molecular complexity index is 796. The number of nitrogens with one attached hydrogen (secondary N) is 1. The van der Waals surface area contributed by atoms with Crippen molar-refractivity contribution in [2.45, 2.75) is 51.1 Å². The van der Waals surface area contributed by atoms with E-state index in [9.17, 15) is 22.4 Å². The summed E-state index contributed by atoms with van der Waals surface area (Å²) in [6.45, 7) is 6.44. The first kappa shape index (κ1) is 23.6. The van der Waals surface area contributed by atoms with E-state index in [2.05, 4.69) is 29.2 Å². The van der Waals surface area contributed by atoms with E-state index in [0.717, 1.165) is 25.1 Å². The van der Waals surface area contributed by atoms with Crippen molar-refractivity contribution in [3.63, 3.8) is 0 Å². The number of halogens is 4. The number of hydrogen-bond acceptors (Lipinski definition) is 5. The van der Waals surface area contributed by atoms with Crippen molar-refractivity contribution < 1.29 is 37.1 Å². The molecule has 3 rings (SSSR count). The molecule has 1 saturated heterocycles. The Balaban J connectivity index is 0.000000396. The number of amides is 1. The Morgan fingerprint density at radius 1 is 1.30 bits per heavy atom. The molecule has 0 saturated carbocycles. The SMILES string of the molecule is CC(C)N1CCC2(CC(C(=O)NCc3ccc(F)cc3)=NO2)C1.O=C(O)C(F)(F)F.